The van der Waals surface area contributed by atoms with Crippen molar-refractivity contribution in [1.29, 1.82) is 0 Å². The van der Waals surface area contributed by atoms with Crippen molar-refractivity contribution in [3.05, 3.63) is 77.4 Å². The lowest BCUT2D eigenvalue weighted by atomic mass is 9.92. The van der Waals surface area contributed by atoms with E-state index in [1.54, 1.807) is 0 Å². The molecule has 0 heterocycles. The summed E-state index contributed by atoms with van der Waals surface area (Å²) in [6, 6.07) is 16.1. The van der Waals surface area contributed by atoms with Gasteiger partial charge in [0.2, 0.25) is 0 Å². The van der Waals surface area contributed by atoms with E-state index in [9.17, 15) is 8.78 Å². The second-order valence-corrected chi connectivity index (χ2v) is 9.09. The van der Waals surface area contributed by atoms with Crippen LogP contribution >= 0.6 is 0 Å². The van der Waals surface area contributed by atoms with E-state index >= 15 is 0 Å². The van der Waals surface area contributed by atoms with Crippen molar-refractivity contribution in [3.8, 4) is 22.3 Å². The van der Waals surface area contributed by atoms with Crippen LogP contribution in [0.4, 0.5) is 8.78 Å². The Morgan fingerprint density at radius 2 is 1.08 bits per heavy atom. The molecule has 0 aliphatic carbocycles. The van der Waals surface area contributed by atoms with Crippen LogP contribution in [0.15, 0.2) is 54.6 Å². The van der Waals surface area contributed by atoms with Gasteiger partial charge in [0, 0.05) is 11.1 Å². The van der Waals surface area contributed by atoms with E-state index in [1.165, 1.54) is 34.9 Å². The normalized spacial score (nSPS) is 10.8. The highest BCUT2D eigenvalue weighted by Gasteiger charge is 2.29. The number of hydrogen-bond donors (Lipinski definition) is 0. The van der Waals surface area contributed by atoms with Crippen LogP contribution in [0.3, 0.4) is 0 Å². The molecule has 0 atom stereocenters. The summed E-state index contributed by atoms with van der Waals surface area (Å²) in [4.78, 5) is 0. The molecular weight excluding hydrogens is 330 g/mol. The van der Waals surface area contributed by atoms with Crippen molar-refractivity contribution in [2.45, 2.75) is 26.9 Å². The highest BCUT2D eigenvalue weighted by atomic mass is 28.3. The van der Waals surface area contributed by atoms with Gasteiger partial charge in [0.25, 0.3) is 0 Å². The van der Waals surface area contributed by atoms with Crippen LogP contribution in [-0.2, 0) is 0 Å². The number of halogens is 2. The molecule has 0 aliphatic rings. The molecule has 0 fully saturated rings. The van der Waals surface area contributed by atoms with Crippen molar-refractivity contribution >= 4 is 14.0 Å². The van der Waals surface area contributed by atoms with E-state index in [0.29, 0.717) is 5.56 Å². The van der Waals surface area contributed by atoms with Gasteiger partial charge >= 0.3 is 8.80 Å². The Bertz CT molecular complexity index is 819. The molecule has 0 amide bonds. The smallest absolute Gasteiger partial charge is 0.206 e. The van der Waals surface area contributed by atoms with E-state index in [0.717, 1.165) is 10.8 Å². The van der Waals surface area contributed by atoms with Crippen LogP contribution in [0.2, 0.25) is 13.1 Å². The zero-order valence-corrected chi connectivity index (χ0v) is 16.0. The third kappa shape index (κ3) is 3.16. The number of aryl methyl sites for hydroxylation is 2. The van der Waals surface area contributed by atoms with Crippen LogP contribution in [0.25, 0.3) is 22.3 Å². The van der Waals surface area contributed by atoms with Crippen molar-refractivity contribution in [3.63, 3.8) is 0 Å². The van der Waals surface area contributed by atoms with Gasteiger partial charge < -0.3 is 0 Å². The second kappa shape index (κ2) is 6.93. The summed E-state index contributed by atoms with van der Waals surface area (Å²) in [5.74, 6) is -1.02. The fraction of sp³-hybridized carbons (Fsp3) is 0.182. The molecule has 0 saturated heterocycles. The highest BCUT2D eigenvalue weighted by Crippen LogP contribution is 2.32. The number of benzene rings is 3. The van der Waals surface area contributed by atoms with E-state index in [-0.39, 0.29) is 5.56 Å². The minimum absolute atomic E-state index is 0.0804. The monoisotopic (exact) mass is 351 g/mol. The molecular formula is C22H21F2Si+. The maximum Gasteiger partial charge on any atom is 0.347 e. The molecule has 126 valence electrons. The van der Waals surface area contributed by atoms with Crippen LogP contribution in [-0.4, -0.2) is 8.80 Å². The Labute approximate surface area is 149 Å². The summed E-state index contributed by atoms with van der Waals surface area (Å²) in [5.41, 5.74) is 5.37. The molecule has 0 nitrogen and oxygen atoms in total. The first-order chi connectivity index (χ1) is 11.9. The maximum absolute atomic E-state index is 14.4. The largest absolute Gasteiger partial charge is 0.347 e. The van der Waals surface area contributed by atoms with Crippen molar-refractivity contribution < 1.29 is 8.78 Å². The molecule has 0 N–H and O–H groups in total. The third-order valence-electron chi connectivity index (χ3n) is 4.55. The minimum Gasteiger partial charge on any atom is -0.206 e. The standard InChI is InChI=1S/C22H21F2Si/c1-14-8-5-9-15(2)20(14)16-10-6-11-17(22(16)25(3)4)21-18(23)12-7-13-19(21)24/h5-13H,1-4H3/q+1. The van der Waals surface area contributed by atoms with Gasteiger partial charge in [0.15, 0.2) is 0 Å². The highest BCUT2D eigenvalue weighted by molar-refractivity contribution is 6.73. The maximum atomic E-state index is 14.4. The predicted molar refractivity (Wildman–Crippen MR) is 104 cm³/mol. The second-order valence-electron chi connectivity index (χ2n) is 6.59. The first-order valence-corrected chi connectivity index (χ1v) is 10.9. The number of rotatable bonds is 3. The summed E-state index contributed by atoms with van der Waals surface area (Å²) >= 11 is 0. The molecule has 3 rings (SSSR count). The van der Waals surface area contributed by atoms with E-state index in [4.69, 9.17) is 0 Å². The fourth-order valence-electron chi connectivity index (χ4n) is 3.50. The number of hydrogen-bond acceptors (Lipinski definition) is 0. The molecule has 3 aromatic rings. The van der Waals surface area contributed by atoms with E-state index in [2.05, 4.69) is 45.1 Å². The zero-order chi connectivity index (χ0) is 18.1. The average molecular weight is 351 g/mol. The first kappa shape index (κ1) is 17.6. The minimum atomic E-state index is -0.965. The van der Waals surface area contributed by atoms with Gasteiger partial charge in [-0.3, -0.25) is 0 Å². The first-order valence-electron chi connectivity index (χ1n) is 8.36. The molecule has 0 spiro atoms. The van der Waals surface area contributed by atoms with E-state index < -0.39 is 20.4 Å². The van der Waals surface area contributed by atoms with Crippen LogP contribution in [0.1, 0.15) is 11.1 Å². The Hall–Kier alpha value is -2.26. The molecule has 0 bridgehead atoms. The molecule has 0 radical (unpaired) electrons. The third-order valence-corrected chi connectivity index (χ3v) is 6.09. The summed E-state index contributed by atoms with van der Waals surface area (Å²) < 4.78 is 28.9. The average Bonchev–Trinajstić information content (AvgIpc) is 2.54. The Morgan fingerprint density at radius 3 is 1.60 bits per heavy atom. The van der Waals surface area contributed by atoms with Crippen molar-refractivity contribution in [2.24, 2.45) is 0 Å². The van der Waals surface area contributed by atoms with E-state index in [1.807, 2.05) is 18.2 Å². The molecule has 3 aromatic carbocycles. The Kier molecular flexibility index (Phi) is 4.86. The molecule has 0 unspecified atom stereocenters. The molecule has 25 heavy (non-hydrogen) atoms. The molecule has 0 saturated carbocycles. The molecule has 0 aromatic heterocycles. The lowest BCUT2D eigenvalue weighted by Gasteiger charge is -2.15. The van der Waals surface area contributed by atoms with Crippen molar-refractivity contribution in [1.82, 2.24) is 0 Å². The van der Waals surface area contributed by atoms with Gasteiger partial charge in [-0.25, -0.2) is 8.78 Å². The summed E-state index contributed by atoms with van der Waals surface area (Å²) in [7, 11) is -0.965. The Morgan fingerprint density at radius 1 is 0.640 bits per heavy atom. The quantitative estimate of drug-likeness (QED) is 0.517. The topological polar surface area (TPSA) is 0 Å². The van der Waals surface area contributed by atoms with Gasteiger partial charge in [-0.2, -0.15) is 0 Å². The summed E-state index contributed by atoms with van der Waals surface area (Å²) in [6.45, 7) is 8.50. The van der Waals surface area contributed by atoms with Crippen LogP contribution in [0.5, 0.6) is 0 Å². The van der Waals surface area contributed by atoms with Crippen molar-refractivity contribution in [2.75, 3.05) is 0 Å². The lowest BCUT2D eigenvalue weighted by molar-refractivity contribution is 0.590. The lowest BCUT2D eigenvalue weighted by Crippen LogP contribution is -2.28. The van der Waals surface area contributed by atoms with Gasteiger partial charge in [-0.05, 0) is 42.7 Å². The predicted octanol–water partition coefficient (Wildman–Crippen LogP) is 5.88. The van der Waals surface area contributed by atoms with Gasteiger partial charge in [0.1, 0.15) is 16.8 Å². The summed E-state index contributed by atoms with van der Waals surface area (Å²) in [5, 5.41) is 1.08. The van der Waals surface area contributed by atoms with Crippen LogP contribution in [0, 0.1) is 25.5 Å². The SMILES string of the molecule is Cc1cccc(C)c1-c1cccc(-c2c(F)cccc2F)c1[Si+](C)C. The van der Waals surface area contributed by atoms with Gasteiger partial charge in [0.05, 0.1) is 18.7 Å². The summed E-state index contributed by atoms with van der Waals surface area (Å²) in [6.07, 6.45) is 0. The van der Waals surface area contributed by atoms with Gasteiger partial charge in [-0.15, -0.1) is 0 Å². The molecule has 3 heteroatoms. The Balaban J connectivity index is 2.38. The zero-order valence-electron chi connectivity index (χ0n) is 15.0. The van der Waals surface area contributed by atoms with Gasteiger partial charge in [-0.1, -0.05) is 42.5 Å². The van der Waals surface area contributed by atoms with Crippen LogP contribution < -0.4 is 5.19 Å². The fourth-order valence-corrected chi connectivity index (χ4v) is 5.00. The molecule has 0 aliphatic heterocycles.